The topological polar surface area (TPSA) is 76.1 Å². The van der Waals surface area contributed by atoms with Gasteiger partial charge in [0.25, 0.3) is 0 Å². The van der Waals surface area contributed by atoms with Crippen molar-refractivity contribution in [3.63, 3.8) is 0 Å². The number of nitrogens with zero attached hydrogens (tertiary/aromatic N) is 1. The number of benzene rings is 3. The van der Waals surface area contributed by atoms with Gasteiger partial charge in [0.1, 0.15) is 0 Å². The first-order valence-corrected chi connectivity index (χ1v) is 28.1. The van der Waals surface area contributed by atoms with Gasteiger partial charge in [-0.3, -0.25) is 0 Å². The van der Waals surface area contributed by atoms with Crippen LogP contribution in [0, 0.1) is 0 Å². The predicted octanol–water partition coefficient (Wildman–Crippen LogP) is 10.2. The van der Waals surface area contributed by atoms with E-state index in [9.17, 15) is 4.79 Å². The number of hydrogen-bond acceptors (Lipinski definition) is 8. The number of rotatable bonds is 23. The number of carbonyl (C=O) groups excluding carboxylic acids is 1. The fraction of sp³-hybridized carbons (Fsp3) is 0.500. The average molecular weight is 849 g/mol. The molecule has 9 heteroatoms. The van der Waals surface area contributed by atoms with Gasteiger partial charge < -0.3 is 0 Å². The zero-order valence-electron chi connectivity index (χ0n) is 32.2. The van der Waals surface area contributed by atoms with Crippen molar-refractivity contribution in [1.82, 2.24) is 4.98 Å². The Hall–Kier alpha value is -2.60. The number of esters is 1. The SMILES string of the molecule is CCC[CH2][Sn]([CH2]CCC)([CH2]CCC)[c]1sc([C@@H]2O[C@H](COCc3ccccc3)[C@@H](OCc3ccccc3)[C@H]2OCc2ccccc2)nc1C(=O)OCC. The monoisotopic (exact) mass is 849 g/mol. The molecular weight excluding hydrogens is 789 g/mol. The van der Waals surface area contributed by atoms with Gasteiger partial charge in [-0.05, 0) is 0 Å². The molecule has 1 aromatic heterocycles. The zero-order chi connectivity index (χ0) is 37.3. The van der Waals surface area contributed by atoms with Crippen LogP contribution in [0.15, 0.2) is 91.0 Å². The quantitative estimate of drug-likeness (QED) is 0.0544. The second-order valence-electron chi connectivity index (χ2n) is 14.2. The van der Waals surface area contributed by atoms with Gasteiger partial charge in [-0.25, -0.2) is 0 Å². The van der Waals surface area contributed by atoms with Gasteiger partial charge in [-0.2, -0.15) is 0 Å². The van der Waals surface area contributed by atoms with Crippen LogP contribution in [0.2, 0.25) is 13.3 Å². The van der Waals surface area contributed by atoms with Gasteiger partial charge in [0.15, 0.2) is 0 Å². The summed E-state index contributed by atoms with van der Waals surface area (Å²) in [7, 11) is 0. The summed E-state index contributed by atoms with van der Waals surface area (Å²) in [5.41, 5.74) is 3.77. The Morgan fingerprint density at radius 2 is 1.19 bits per heavy atom. The van der Waals surface area contributed by atoms with E-state index in [-0.39, 0.29) is 5.97 Å². The molecule has 7 nitrogen and oxygen atoms in total. The average Bonchev–Trinajstić information content (AvgIpc) is 3.80. The molecule has 286 valence electrons. The molecule has 2 heterocycles. The van der Waals surface area contributed by atoms with Crippen LogP contribution in [-0.2, 0) is 43.5 Å². The van der Waals surface area contributed by atoms with Crippen LogP contribution >= 0.6 is 11.3 Å². The van der Waals surface area contributed by atoms with E-state index in [2.05, 4.69) is 57.2 Å². The fourth-order valence-corrected chi connectivity index (χ4v) is 27.9. The summed E-state index contributed by atoms with van der Waals surface area (Å²) in [6.07, 6.45) is 5.09. The summed E-state index contributed by atoms with van der Waals surface area (Å²) in [5, 5.41) is 0.783. The Balaban J connectivity index is 1.56. The maximum absolute atomic E-state index is 13.9. The van der Waals surface area contributed by atoms with Crippen LogP contribution in [0.1, 0.15) is 105 Å². The third kappa shape index (κ3) is 11.7. The second-order valence-corrected chi connectivity index (χ2v) is 29.2. The molecule has 3 aromatic carbocycles. The van der Waals surface area contributed by atoms with Crippen molar-refractivity contribution in [3.05, 3.63) is 118 Å². The van der Waals surface area contributed by atoms with Gasteiger partial charge in [0.05, 0.1) is 0 Å². The van der Waals surface area contributed by atoms with Crippen LogP contribution in [0.3, 0.4) is 0 Å². The van der Waals surface area contributed by atoms with E-state index in [0.29, 0.717) is 38.7 Å². The molecule has 0 saturated carbocycles. The fourth-order valence-electron chi connectivity index (χ4n) is 7.26. The molecule has 0 aliphatic carbocycles. The molecule has 1 fully saturated rings. The number of ether oxygens (including phenoxy) is 5. The van der Waals surface area contributed by atoms with E-state index in [1.165, 1.54) is 35.5 Å². The van der Waals surface area contributed by atoms with Gasteiger partial charge >= 0.3 is 321 Å². The summed E-state index contributed by atoms with van der Waals surface area (Å²) >= 11 is -1.44. The molecule has 4 aromatic rings. The standard InChI is InChI=1S/C32H32NO6S.3C4H9.Sn/c1-2-36-32(34)26-22-40-31(33-26)30-29(38-20-25-16-10-5-11-17-25)28(37-19-24-14-8-4-9-15-24)27(39-30)21-35-18-23-12-6-3-7-13-23;3*1-3-4-2;/h3-17,27-30H,2,18-21H2,1H3;3*1,3-4H2,2H3;/t27-,28-,29-,30-;;;;/m1..../s1. The minimum absolute atomic E-state index is 0.310. The van der Waals surface area contributed by atoms with Crippen LogP contribution < -0.4 is 2.89 Å². The van der Waals surface area contributed by atoms with Gasteiger partial charge in [0.2, 0.25) is 0 Å². The number of unbranched alkanes of at least 4 members (excludes halogenated alkanes) is 3. The molecule has 0 spiro atoms. The maximum atomic E-state index is 13.9. The summed E-state index contributed by atoms with van der Waals surface area (Å²) in [6.45, 7) is 10.6. The van der Waals surface area contributed by atoms with E-state index in [0.717, 1.165) is 41.0 Å². The Morgan fingerprint density at radius 1 is 0.698 bits per heavy atom. The third-order valence-corrected chi connectivity index (χ3v) is 29.5. The van der Waals surface area contributed by atoms with E-state index < -0.39 is 42.8 Å². The molecule has 53 heavy (non-hydrogen) atoms. The van der Waals surface area contributed by atoms with Crippen LogP contribution in [0.25, 0.3) is 0 Å². The van der Waals surface area contributed by atoms with Crippen molar-refractivity contribution in [2.45, 2.75) is 124 Å². The normalized spacial score (nSPS) is 18.7. The number of carbonyl (C=O) groups is 1. The van der Waals surface area contributed by atoms with Gasteiger partial charge in [-0.15, -0.1) is 0 Å². The molecule has 1 saturated heterocycles. The molecule has 0 amide bonds. The molecule has 1 aliphatic heterocycles. The first-order chi connectivity index (χ1) is 26.0. The Morgan fingerprint density at radius 3 is 1.68 bits per heavy atom. The number of thiazole rings is 1. The van der Waals surface area contributed by atoms with E-state index in [1.807, 2.05) is 61.5 Å². The first-order valence-electron chi connectivity index (χ1n) is 19.8. The molecule has 0 bridgehead atoms. The summed E-state index contributed by atoms with van der Waals surface area (Å²) < 4.78 is 37.6. The molecule has 1 aliphatic rings. The minimum atomic E-state index is -3.16. The zero-order valence-corrected chi connectivity index (χ0v) is 35.8. The van der Waals surface area contributed by atoms with Crippen molar-refractivity contribution in [2.75, 3.05) is 13.2 Å². The number of aromatic nitrogens is 1. The van der Waals surface area contributed by atoms with Crippen molar-refractivity contribution in [1.29, 1.82) is 0 Å². The number of hydrogen-bond donors (Lipinski definition) is 0. The van der Waals surface area contributed by atoms with Crippen LogP contribution in [0.4, 0.5) is 0 Å². The molecule has 0 N–H and O–H groups in total. The Labute approximate surface area is 325 Å². The molecule has 5 rings (SSSR count). The molecule has 0 unspecified atom stereocenters. The molecule has 0 radical (unpaired) electrons. The van der Waals surface area contributed by atoms with Crippen molar-refractivity contribution < 1.29 is 28.5 Å². The molecular formula is C44H59NO6SSn. The van der Waals surface area contributed by atoms with Crippen LogP contribution in [0.5, 0.6) is 0 Å². The Kier molecular flexibility index (Phi) is 17.3. The predicted molar refractivity (Wildman–Crippen MR) is 216 cm³/mol. The second kappa shape index (κ2) is 22.1. The summed E-state index contributed by atoms with van der Waals surface area (Å²) in [5.74, 6) is -0.310. The van der Waals surface area contributed by atoms with Crippen molar-refractivity contribution in [2.24, 2.45) is 0 Å². The summed E-state index contributed by atoms with van der Waals surface area (Å²) in [6, 6.07) is 30.6. The van der Waals surface area contributed by atoms with Crippen LogP contribution in [-0.4, -0.2) is 60.9 Å². The van der Waals surface area contributed by atoms with E-state index in [4.69, 9.17) is 28.7 Å². The Bertz CT molecular complexity index is 1600. The van der Waals surface area contributed by atoms with Crippen molar-refractivity contribution in [3.8, 4) is 0 Å². The van der Waals surface area contributed by atoms with Crippen molar-refractivity contribution >= 4 is 38.6 Å². The summed E-state index contributed by atoms with van der Waals surface area (Å²) in [4.78, 5) is 19.1. The van der Waals surface area contributed by atoms with E-state index >= 15 is 0 Å². The first kappa shape index (κ1) is 41.6. The molecule has 4 atom stereocenters. The van der Waals surface area contributed by atoms with E-state index in [1.54, 1.807) is 11.3 Å². The van der Waals surface area contributed by atoms with Gasteiger partial charge in [0, 0.05) is 0 Å². The third-order valence-electron chi connectivity index (χ3n) is 10.1. The van der Waals surface area contributed by atoms with Gasteiger partial charge in [-0.1, -0.05) is 6.07 Å².